The molecule has 0 aromatic heterocycles. The van der Waals surface area contributed by atoms with Crippen molar-refractivity contribution in [1.29, 1.82) is 0 Å². The van der Waals surface area contributed by atoms with Gasteiger partial charge >= 0.3 is 68.3 Å². The molecule has 8 heteroatoms. The third kappa shape index (κ3) is 103. The van der Waals surface area contributed by atoms with Gasteiger partial charge in [0.15, 0.2) is 0 Å². The molecule has 0 saturated carbocycles. The summed E-state index contributed by atoms with van der Waals surface area (Å²) < 4.78 is 0. The Hall–Kier alpha value is 1.92. The Labute approximate surface area is 89.7 Å². The van der Waals surface area contributed by atoms with Gasteiger partial charge < -0.3 is 21.9 Å². The van der Waals surface area contributed by atoms with Gasteiger partial charge in [0.1, 0.15) is 0 Å². The maximum Gasteiger partial charge on any atom is 2.00 e. The molecule has 0 bridgehead atoms. The van der Waals surface area contributed by atoms with Crippen LogP contribution in [0.3, 0.4) is 0 Å². The fourth-order valence-electron chi connectivity index (χ4n) is 0. The minimum absolute atomic E-state index is 0. The second-order valence-corrected chi connectivity index (χ2v) is 0. The van der Waals surface area contributed by atoms with E-state index in [9.17, 15) is 0 Å². The zero-order chi connectivity index (χ0) is 0. The van der Waals surface area contributed by atoms with Crippen LogP contribution in [0, 0.1) is 0 Å². The molecule has 0 N–H and O–H groups in total. The largest absolute Gasteiger partial charge is 2.00 e. The smallest absolute Gasteiger partial charge is 2.00 e. The molecule has 0 unspecified atom stereocenters. The summed E-state index contributed by atoms with van der Waals surface area (Å²) in [6.07, 6.45) is 0. The van der Waals surface area contributed by atoms with Gasteiger partial charge in [-0.15, -0.1) is 0 Å². The SMILES string of the molecule is [Mn+2].[Mn+2].[Mn+2].[Mn+2].[O-2].[O-2].[O-2].[O-2]. The van der Waals surface area contributed by atoms with Crippen molar-refractivity contribution in [3.63, 3.8) is 0 Å². The molecule has 4 radical (unpaired) electrons. The third-order valence-corrected chi connectivity index (χ3v) is 0. The summed E-state index contributed by atoms with van der Waals surface area (Å²) in [5.74, 6) is 0. The van der Waals surface area contributed by atoms with Crippen molar-refractivity contribution in [2.45, 2.75) is 0 Å². The summed E-state index contributed by atoms with van der Waals surface area (Å²) in [6.45, 7) is 0. The van der Waals surface area contributed by atoms with Crippen LogP contribution in [0.5, 0.6) is 0 Å². The Bertz CT molecular complexity index is 8.00. The Morgan fingerprint density at radius 3 is 0.250 bits per heavy atom. The average molecular weight is 284 g/mol. The molecule has 8 heavy (non-hydrogen) atoms. The van der Waals surface area contributed by atoms with Crippen LogP contribution in [0.15, 0.2) is 0 Å². The first kappa shape index (κ1) is 214. The van der Waals surface area contributed by atoms with Crippen molar-refractivity contribution >= 4 is 0 Å². The standard InChI is InChI=1S/4Mn.4O/q4*+2;4*-2. The van der Waals surface area contributed by atoms with Crippen LogP contribution in [0.1, 0.15) is 0 Å². The van der Waals surface area contributed by atoms with E-state index in [0.717, 1.165) is 0 Å². The molecule has 0 aliphatic carbocycles. The molecule has 0 aromatic rings. The molecular weight excluding hydrogens is 284 g/mol. The predicted octanol–water partition coefficient (Wildman–Crippen LogP) is -0.485. The molecule has 0 rings (SSSR count). The van der Waals surface area contributed by atoms with E-state index in [2.05, 4.69) is 0 Å². The van der Waals surface area contributed by atoms with Gasteiger partial charge in [-0.1, -0.05) is 0 Å². The van der Waals surface area contributed by atoms with Gasteiger partial charge in [-0.05, 0) is 0 Å². The van der Waals surface area contributed by atoms with Crippen LogP contribution >= 0.6 is 0 Å². The van der Waals surface area contributed by atoms with E-state index in [1.165, 1.54) is 0 Å². The van der Waals surface area contributed by atoms with Gasteiger partial charge in [0.2, 0.25) is 0 Å². The quantitative estimate of drug-likeness (QED) is 0.534. The maximum absolute atomic E-state index is 0. The molecule has 0 spiro atoms. The summed E-state index contributed by atoms with van der Waals surface area (Å²) >= 11 is 0. The van der Waals surface area contributed by atoms with Crippen LogP contribution < -0.4 is 0 Å². The van der Waals surface area contributed by atoms with Crippen LogP contribution in [0.2, 0.25) is 0 Å². The van der Waals surface area contributed by atoms with Gasteiger partial charge in [0, 0.05) is 0 Å². The van der Waals surface area contributed by atoms with E-state index >= 15 is 0 Å². The van der Waals surface area contributed by atoms with Crippen LogP contribution in [0.25, 0.3) is 0 Å². The molecule has 0 aliphatic heterocycles. The zero-order valence-electron chi connectivity index (χ0n) is 3.14. The van der Waals surface area contributed by atoms with E-state index in [-0.39, 0.29) is 90.2 Å². The Morgan fingerprint density at radius 1 is 0.250 bits per heavy atom. The van der Waals surface area contributed by atoms with E-state index < -0.39 is 0 Å². The van der Waals surface area contributed by atoms with E-state index in [1.54, 1.807) is 0 Å². The summed E-state index contributed by atoms with van der Waals surface area (Å²) in [6, 6.07) is 0. The molecule has 0 atom stereocenters. The Kier molecular flexibility index (Phi) is 4070. The normalized spacial score (nSPS) is 0. The van der Waals surface area contributed by atoms with Crippen LogP contribution in [-0.2, 0) is 90.2 Å². The van der Waals surface area contributed by atoms with E-state index in [1.807, 2.05) is 0 Å². The molecule has 0 aliphatic rings. The van der Waals surface area contributed by atoms with Gasteiger partial charge in [0.05, 0.1) is 0 Å². The second-order valence-electron chi connectivity index (χ2n) is 0. The second kappa shape index (κ2) is 152. The van der Waals surface area contributed by atoms with Crippen LogP contribution in [0.4, 0.5) is 0 Å². The van der Waals surface area contributed by atoms with Crippen molar-refractivity contribution in [3.8, 4) is 0 Å². The summed E-state index contributed by atoms with van der Waals surface area (Å²) in [5, 5.41) is 0. The maximum atomic E-state index is 0. The number of hydrogen-bond donors (Lipinski definition) is 0. The fraction of sp³-hybridized carbons (Fsp3) is 0. The van der Waals surface area contributed by atoms with Crippen molar-refractivity contribution in [2.75, 3.05) is 0 Å². The minimum Gasteiger partial charge on any atom is -2.00 e. The Morgan fingerprint density at radius 2 is 0.250 bits per heavy atom. The number of rotatable bonds is 0. The molecule has 0 heterocycles. The topological polar surface area (TPSA) is 114 Å². The van der Waals surface area contributed by atoms with Crippen molar-refractivity contribution in [3.05, 3.63) is 0 Å². The molecule has 0 aromatic carbocycles. The molecule has 0 saturated heterocycles. The van der Waals surface area contributed by atoms with E-state index in [4.69, 9.17) is 0 Å². The minimum atomic E-state index is 0. The zero-order valence-corrected chi connectivity index (χ0v) is 7.87. The number of hydrogen-bond acceptors (Lipinski definition) is 0. The first-order chi connectivity index (χ1) is 0. The molecule has 4 nitrogen and oxygen atoms in total. The average Bonchev–Trinajstić information content (AvgIpc) is 0. The molecule has 0 fully saturated rings. The third-order valence-electron chi connectivity index (χ3n) is 0. The fourth-order valence-corrected chi connectivity index (χ4v) is 0. The molecular formula is Mn4O4. The monoisotopic (exact) mass is 284 g/mol. The first-order valence-electron chi connectivity index (χ1n) is 0. The summed E-state index contributed by atoms with van der Waals surface area (Å²) in [5.41, 5.74) is 0. The predicted molar refractivity (Wildman–Crippen MR) is 2.75 cm³/mol. The van der Waals surface area contributed by atoms with Crippen molar-refractivity contribution in [1.82, 2.24) is 0 Å². The van der Waals surface area contributed by atoms with Crippen molar-refractivity contribution in [2.24, 2.45) is 0 Å². The van der Waals surface area contributed by atoms with Gasteiger partial charge in [-0.2, -0.15) is 0 Å². The van der Waals surface area contributed by atoms with Gasteiger partial charge in [-0.25, -0.2) is 0 Å². The Balaban J connectivity index is 0. The van der Waals surface area contributed by atoms with Crippen molar-refractivity contribution < 1.29 is 90.2 Å². The first-order valence-corrected chi connectivity index (χ1v) is 0. The van der Waals surface area contributed by atoms with E-state index in [0.29, 0.717) is 0 Å². The molecule has 52 valence electrons. The molecule has 0 amide bonds. The van der Waals surface area contributed by atoms with Gasteiger partial charge in [-0.3, -0.25) is 0 Å². The van der Waals surface area contributed by atoms with Gasteiger partial charge in [0.25, 0.3) is 0 Å². The summed E-state index contributed by atoms with van der Waals surface area (Å²) in [7, 11) is 0. The summed E-state index contributed by atoms with van der Waals surface area (Å²) in [4.78, 5) is 0. The van der Waals surface area contributed by atoms with Crippen LogP contribution in [-0.4, -0.2) is 0 Å².